The topological polar surface area (TPSA) is 0 Å². The molecule has 24 heavy (non-hydrogen) atoms. The maximum atomic E-state index is 14.0. The molecule has 0 saturated carbocycles. The van der Waals surface area contributed by atoms with Crippen LogP contribution in [0.3, 0.4) is 0 Å². The second-order valence-electron chi connectivity index (χ2n) is 4.95. The van der Waals surface area contributed by atoms with Crippen LogP contribution in [0.1, 0.15) is 0 Å². The van der Waals surface area contributed by atoms with Crippen LogP contribution in [0.5, 0.6) is 0 Å². The van der Waals surface area contributed by atoms with Crippen molar-refractivity contribution < 1.29 is 39.5 Å². The van der Waals surface area contributed by atoms with E-state index in [9.17, 15) is 39.5 Å². The van der Waals surface area contributed by atoms with Crippen LogP contribution in [-0.4, -0.2) is 8.80 Å². The standard InChI is InChI=1S/C14H6F9Si/c1-24(2)14-12(22)7(17)4(8(18)13(14)23)3-5(15)9(19)11(21)10(20)6(3)16/h1-2H3. The van der Waals surface area contributed by atoms with E-state index in [1.807, 2.05) is 0 Å². The molecule has 0 aliphatic heterocycles. The minimum absolute atomic E-state index is 0.956. The average molecular weight is 373 g/mol. The summed E-state index contributed by atoms with van der Waals surface area (Å²) in [5, 5.41) is -0.956. The van der Waals surface area contributed by atoms with Crippen molar-refractivity contribution in [3.8, 4) is 11.1 Å². The smallest absolute Gasteiger partial charge is 0.200 e. The molecule has 10 heteroatoms. The Bertz CT molecular complexity index is 787. The third-order valence-electron chi connectivity index (χ3n) is 3.22. The van der Waals surface area contributed by atoms with E-state index in [0.29, 0.717) is 0 Å². The summed E-state index contributed by atoms with van der Waals surface area (Å²) in [6.07, 6.45) is 0. The van der Waals surface area contributed by atoms with Gasteiger partial charge < -0.3 is 0 Å². The van der Waals surface area contributed by atoms with Crippen molar-refractivity contribution in [2.75, 3.05) is 0 Å². The van der Waals surface area contributed by atoms with Gasteiger partial charge in [0.05, 0.1) is 19.9 Å². The van der Waals surface area contributed by atoms with Crippen LogP contribution in [-0.2, 0) is 0 Å². The molecule has 0 atom stereocenters. The van der Waals surface area contributed by atoms with E-state index in [1.54, 1.807) is 0 Å². The second kappa shape index (κ2) is 6.15. The highest BCUT2D eigenvalue weighted by Gasteiger charge is 2.34. The normalized spacial score (nSPS) is 11.5. The Morgan fingerprint density at radius 1 is 0.417 bits per heavy atom. The molecule has 2 aromatic carbocycles. The molecular weight excluding hydrogens is 367 g/mol. The van der Waals surface area contributed by atoms with Crippen molar-refractivity contribution in [3.05, 3.63) is 52.4 Å². The molecule has 0 heterocycles. The van der Waals surface area contributed by atoms with Gasteiger partial charge in [-0.25, -0.2) is 39.5 Å². The zero-order valence-corrected chi connectivity index (χ0v) is 12.9. The highest BCUT2D eigenvalue weighted by molar-refractivity contribution is 6.70. The summed E-state index contributed by atoms with van der Waals surface area (Å²) < 4.78 is 123. The summed E-state index contributed by atoms with van der Waals surface area (Å²) >= 11 is 0. The number of rotatable bonds is 2. The first kappa shape index (κ1) is 18.4. The summed E-state index contributed by atoms with van der Waals surface area (Å²) in [5.41, 5.74) is -4.07. The lowest BCUT2D eigenvalue weighted by Crippen LogP contribution is -2.33. The zero-order chi connectivity index (χ0) is 18.5. The maximum absolute atomic E-state index is 14.0. The van der Waals surface area contributed by atoms with Gasteiger partial charge in [-0.3, -0.25) is 0 Å². The predicted octanol–water partition coefficient (Wildman–Crippen LogP) is 4.57. The van der Waals surface area contributed by atoms with E-state index in [0.717, 1.165) is 0 Å². The van der Waals surface area contributed by atoms with Crippen LogP contribution < -0.4 is 5.19 Å². The van der Waals surface area contributed by atoms with Crippen molar-refractivity contribution in [1.29, 1.82) is 0 Å². The molecule has 0 spiro atoms. The summed E-state index contributed by atoms with van der Waals surface area (Å²) in [6.45, 7) is 2.56. The van der Waals surface area contributed by atoms with Gasteiger partial charge in [0.25, 0.3) is 0 Å². The largest absolute Gasteiger partial charge is 0.204 e. The van der Waals surface area contributed by atoms with Crippen molar-refractivity contribution >= 4 is 14.0 Å². The average Bonchev–Trinajstić information content (AvgIpc) is 2.52. The van der Waals surface area contributed by atoms with E-state index < -0.39 is 77.5 Å². The Morgan fingerprint density at radius 3 is 0.958 bits per heavy atom. The molecule has 0 aliphatic rings. The molecule has 2 aromatic rings. The first-order valence-electron chi connectivity index (χ1n) is 6.20. The zero-order valence-electron chi connectivity index (χ0n) is 11.9. The molecule has 0 aliphatic carbocycles. The molecule has 0 saturated heterocycles. The Labute approximate surface area is 131 Å². The molecule has 0 amide bonds. The second-order valence-corrected chi connectivity index (χ2v) is 7.45. The molecule has 0 bridgehead atoms. The van der Waals surface area contributed by atoms with E-state index >= 15 is 0 Å². The summed E-state index contributed by atoms with van der Waals surface area (Å²) in [6, 6.07) is 0. The molecule has 1 radical (unpaired) electrons. The van der Waals surface area contributed by atoms with Crippen LogP contribution >= 0.6 is 0 Å². The Morgan fingerprint density at radius 2 is 0.667 bits per heavy atom. The van der Waals surface area contributed by atoms with Crippen LogP contribution in [0.15, 0.2) is 0 Å². The van der Waals surface area contributed by atoms with E-state index in [1.165, 1.54) is 13.1 Å². The van der Waals surface area contributed by atoms with Crippen LogP contribution in [0.25, 0.3) is 11.1 Å². The van der Waals surface area contributed by atoms with E-state index in [2.05, 4.69) is 0 Å². The lowest BCUT2D eigenvalue weighted by molar-refractivity contribution is 0.379. The van der Waals surface area contributed by atoms with Crippen LogP contribution in [0, 0.1) is 52.4 Å². The number of benzene rings is 2. The van der Waals surface area contributed by atoms with Gasteiger partial charge in [0, 0.05) is 5.19 Å². The van der Waals surface area contributed by atoms with E-state index in [-0.39, 0.29) is 0 Å². The van der Waals surface area contributed by atoms with Gasteiger partial charge in [-0.15, -0.1) is 0 Å². The fourth-order valence-corrected chi connectivity index (χ4v) is 3.21. The van der Waals surface area contributed by atoms with Gasteiger partial charge in [0.2, 0.25) is 5.82 Å². The van der Waals surface area contributed by atoms with Crippen LogP contribution in [0.2, 0.25) is 13.1 Å². The molecule has 0 nitrogen and oxygen atoms in total. The first-order valence-corrected chi connectivity index (χ1v) is 8.70. The Hall–Kier alpha value is -1.97. The van der Waals surface area contributed by atoms with Crippen molar-refractivity contribution in [3.63, 3.8) is 0 Å². The number of hydrogen-bond acceptors (Lipinski definition) is 0. The SMILES string of the molecule is C[Si](C)c1c(F)c(F)c(-c2c(F)c(F)c(F)c(F)c2F)c(F)c1F. The number of hydrogen-bond donors (Lipinski definition) is 0. The fraction of sp³-hybridized carbons (Fsp3) is 0.143. The Kier molecular flexibility index (Phi) is 4.71. The molecule has 0 N–H and O–H groups in total. The molecule has 2 rings (SSSR count). The summed E-state index contributed by atoms with van der Waals surface area (Å²) in [7, 11) is -2.08. The molecule has 129 valence electrons. The van der Waals surface area contributed by atoms with Crippen LogP contribution in [0.4, 0.5) is 39.5 Å². The fourth-order valence-electron chi connectivity index (χ4n) is 2.11. The first-order chi connectivity index (χ1) is 11.0. The molecule has 0 aromatic heterocycles. The third-order valence-corrected chi connectivity index (χ3v) is 4.66. The minimum atomic E-state index is -2.58. The van der Waals surface area contributed by atoms with Gasteiger partial charge in [-0.2, -0.15) is 0 Å². The molecular formula is C14H6F9Si. The highest BCUT2D eigenvalue weighted by Crippen LogP contribution is 2.36. The molecule has 0 unspecified atom stereocenters. The predicted molar refractivity (Wildman–Crippen MR) is 68.6 cm³/mol. The Balaban J connectivity index is 3.01. The van der Waals surface area contributed by atoms with Crippen molar-refractivity contribution in [1.82, 2.24) is 0 Å². The van der Waals surface area contributed by atoms with Gasteiger partial charge in [-0.1, -0.05) is 13.1 Å². The lowest BCUT2D eigenvalue weighted by Gasteiger charge is -2.15. The quantitative estimate of drug-likeness (QED) is 0.313. The lowest BCUT2D eigenvalue weighted by atomic mass is 10.0. The monoisotopic (exact) mass is 373 g/mol. The van der Waals surface area contributed by atoms with E-state index in [4.69, 9.17) is 0 Å². The van der Waals surface area contributed by atoms with Gasteiger partial charge in [0.1, 0.15) is 0 Å². The number of halogens is 9. The molecule has 0 fully saturated rings. The highest BCUT2D eigenvalue weighted by atomic mass is 28.3. The minimum Gasteiger partial charge on any atom is -0.204 e. The third kappa shape index (κ3) is 2.48. The van der Waals surface area contributed by atoms with Gasteiger partial charge in [-0.05, 0) is 0 Å². The van der Waals surface area contributed by atoms with Crippen molar-refractivity contribution in [2.24, 2.45) is 0 Å². The maximum Gasteiger partial charge on any atom is 0.200 e. The summed E-state index contributed by atoms with van der Waals surface area (Å²) in [4.78, 5) is 0. The van der Waals surface area contributed by atoms with Crippen molar-refractivity contribution in [2.45, 2.75) is 13.1 Å². The van der Waals surface area contributed by atoms with Gasteiger partial charge >= 0.3 is 0 Å². The van der Waals surface area contributed by atoms with Gasteiger partial charge in [0.15, 0.2) is 46.5 Å². The summed E-state index contributed by atoms with van der Waals surface area (Å²) in [5.74, 6) is -21.1.